The highest BCUT2D eigenvalue weighted by Crippen LogP contribution is 2.55. The molecule has 0 radical (unpaired) electrons. The van der Waals surface area contributed by atoms with Gasteiger partial charge in [-0.3, -0.25) is 19.4 Å². The van der Waals surface area contributed by atoms with Crippen molar-refractivity contribution in [1.29, 1.82) is 0 Å². The number of amides is 1. The van der Waals surface area contributed by atoms with E-state index in [0.29, 0.717) is 6.21 Å². The van der Waals surface area contributed by atoms with Gasteiger partial charge in [0.1, 0.15) is 23.4 Å². The Labute approximate surface area is 355 Å². The molecule has 322 valence electrons. The zero-order valence-electron chi connectivity index (χ0n) is 42.5. The van der Waals surface area contributed by atoms with Crippen molar-refractivity contribution in [1.82, 2.24) is 9.91 Å². The Kier molecular flexibility index (Phi) is 10.6. The van der Waals surface area contributed by atoms with Crippen LogP contribution in [-0.2, 0) is 23.8 Å². The summed E-state index contributed by atoms with van der Waals surface area (Å²) in [5.41, 5.74) is -2.12. The number of nitrogens with one attached hydrogen (secondary N) is 1. The molecule has 1 fully saturated rings. The van der Waals surface area contributed by atoms with Gasteiger partial charge in [0.15, 0.2) is 5.75 Å². The summed E-state index contributed by atoms with van der Waals surface area (Å²) in [7, 11) is 2.20. The summed E-state index contributed by atoms with van der Waals surface area (Å²) < 4.78 is 91.5. The number of phenols is 3. The first-order chi connectivity index (χ1) is 30.8. The quantitative estimate of drug-likeness (QED) is 0.109. The fourth-order valence-corrected chi connectivity index (χ4v) is 7.35. The minimum absolute atomic E-state index is 0.0612. The summed E-state index contributed by atoms with van der Waals surface area (Å²) in [5, 5.41) is 63.7. The molecule has 0 aromatic heterocycles. The Balaban J connectivity index is 1.79. The Morgan fingerprint density at radius 3 is 2.27 bits per heavy atom. The maximum atomic E-state index is 14.6. The molecule has 9 atom stereocenters. The lowest BCUT2D eigenvalue weighted by atomic mass is 9.78. The average Bonchev–Trinajstić information content (AvgIpc) is 3.51. The minimum atomic E-state index is -3.44. The van der Waals surface area contributed by atoms with E-state index in [0.717, 1.165) is 13.3 Å². The van der Waals surface area contributed by atoms with Crippen LogP contribution in [0.25, 0.3) is 10.8 Å². The lowest BCUT2D eigenvalue weighted by Crippen LogP contribution is -2.46. The number of allylic oxidation sites excluding steroid dienone is 2. The number of methoxy groups -OCH3 is 1. The minimum Gasteiger partial charge on any atom is -0.507 e. The Morgan fingerprint density at radius 2 is 1.64 bits per heavy atom. The number of hydrogen-bond acceptors (Lipinski definition) is 15. The van der Waals surface area contributed by atoms with E-state index in [1.807, 2.05) is 0 Å². The molecule has 16 nitrogen and oxygen atoms in total. The Hall–Kier alpha value is -5.16. The van der Waals surface area contributed by atoms with Gasteiger partial charge in [-0.1, -0.05) is 45.9 Å². The molecule has 6 N–H and O–H groups in total. The summed E-state index contributed by atoms with van der Waals surface area (Å²) in [5.74, 6) is -10.8. The van der Waals surface area contributed by atoms with Crippen molar-refractivity contribution in [3.63, 3.8) is 0 Å². The molecular weight excluding hydrogens is 764 g/mol. The van der Waals surface area contributed by atoms with Gasteiger partial charge in [0.2, 0.25) is 0 Å². The largest absolute Gasteiger partial charge is 0.507 e. The van der Waals surface area contributed by atoms with Crippen LogP contribution in [0.4, 0.5) is 5.69 Å². The van der Waals surface area contributed by atoms with Gasteiger partial charge in [-0.15, -0.1) is 0 Å². The second-order valence-corrected chi connectivity index (χ2v) is 15.2. The van der Waals surface area contributed by atoms with Crippen LogP contribution in [0.5, 0.6) is 23.0 Å². The zero-order chi connectivity index (χ0) is 50.8. The van der Waals surface area contributed by atoms with Crippen LogP contribution in [0.2, 0.25) is 0 Å². The fourth-order valence-electron chi connectivity index (χ4n) is 7.35. The summed E-state index contributed by atoms with van der Waals surface area (Å²) in [6, 6.07) is 0. The van der Waals surface area contributed by atoms with E-state index >= 15 is 0 Å². The first kappa shape index (κ1) is 34.7. The third kappa shape index (κ3) is 8.91. The molecule has 0 saturated carbocycles. The molecule has 1 amide bonds. The first-order valence-corrected chi connectivity index (χ1v) is 18.9. The number of likely N-dealkylation sites (N-methyl/N-ethyl adjacent to an activating group) is 1. The normalized spacial score (nSPS) is 37.5. The van der Waals surface area contributed by atoms with Crippen molar-refractivity contribution in [3.8, 4) is 23.0 Å². The standard InChI is InChI=1S/C43H58N4O12/c1-21-12-11-13-22(2)42(55)45-33-28(20-44-47-17-15-46(9)16-18-47)37(52)30-31(38(33)53)36(51)26(6)40-32(30)41(54)43(8,59-40)57-19-14-29(56-10)23(3)39(58-27(7)48)25(5)35(50)24(4)34(21)49/h11-14,19-21,23-25,29,34-35,39,49-53H,15-18H2,1-10H3,(H,45,55)/b12-11+,19-14+,22-13+,44-20+/t21-,23+,24+,25+,29-,34-,35+,39+,43-/m0/s1/i15D2,16D2,17D2,18D2. The van der Waals surface area contributed by atoms with Gasteiger partial charge in [0, 0.05) is 92.6 Å². The number of hydrazone groups is 1. The molecule has 0 aliphatic carbocycles. The number of aliphatic hydroxyl groups is 2. The SMILES string of the molecule is [2H]C1([2H])N(C)C([2H])([2H])C([2H])([2H])N(/N=C/c2c3c(O)c4c(O)c(C)c5c(c4c2O)C(=O)[C@@](C)(O/C=C/[C@H](OC)[C@@H](C)[C@@H](OC(C)=O)[C@H](C)[C@H](O)[C@H](C)[C@@H](O)[C@@H](C)/C=C/C=C(\C)C(=O)N3)O5)C1([2H])[2H]. The van der Waals surface area contributed by atoms with E-state index in [2.05, 4.69) is 10.4 Å². The topological polar surface area (TPSA) is 220 Å². The van der Waals surface area contributed by atoms with Gasteiger partial charge in [-0.05, 0) is 27.0 Å². The molecule has 0 unspecified atom stereocenters. The Morgan fingerprint density at radius 1 is 0.983 bits per heavy atom. The van der Waals surface area contributed by atoms with Crippen LogP contribution < -0.4 is 10.1 Å². The number of piperazine rings is 1. The number of aliphatic hydroxyl groups excluding tert-OH is 2. The summed E-state index contributed by atoms with van der Waals surface area (Å²) in [6.07, 6.45) is 3.00. The zero-order valence-corrected chi connectivity index (χ0v) is 34.5. The molecule has 4 heterocycles. The van der Waals surface area contributed by atoms with Crippen molar-refractivity contribution in [2.45, 2.75) is 85.6 Å². The molecule has 0 spiro atoms. The molecule has 2 aromatic carbocycles. The maximum Gasteiger partial charge on any atom is 0.312 e. The van der Waals surface area contributed by atoms with E-state index in [1.54, 1.807) is 33.8 Å². The van der Waals surface area contributed by atoms with E-state index in [1.165, 1.54) is 53.0 Å². The van der Waals surface area contributed by atoms with Crippen LogP contribution in [0.3, 0.4) is 0 Å². The number of hydrogen-bond donors (Lipinski definition) is 6. The van der Waals surface area contributed by atoms with Gasteiger partial charge in [0.05, 0.1) is 58.5 Å². The highest BCUT2D eigenvalue weighted by Gasteiger charge is 2.50. The van der Waals surface area contributed by atoms with Crippen molar-refractivity contribution >= 4 is 40.3 Å². The van der Waals surface area contributed by atoms with Crippen molar-refractivity contribution < 1.29 is 69.8 Å². The summed E-state index contributed by atoms with van der Waals surface area (Å²) in [4.78, 5) is 41.1. The van der Waals surface area contributed by atoms with E-state index in [-0.39, 0.29) is 26.8 Å². The van der Waals surface area contributed by atoms with Gasteiger partial charge in [-0.2, -0.15) is 5.10 Å². The second kappa shape index (κ2) is 18.0. The molecule has 2 aromatic rings. The number of nitrogens with zero attached hydrogens (tertiary/aromatic N) is 3. The number of ketones is 1. The van der Waals surface area contributed by atoms with Gasteiger partial charge in [0.25, 0.3) is 11.7 Å². The van der Waals surface area contributed by atoms with Gasteiger partial charge < -0.3 is 54.7 Å². The van der Waals surface area contributed by atoms with Crippen molar-refractivity contribution in [2.75, 3.05) is 45.5 Å². The number of esters is 1. The number of rotatable bonds is 4. The number of Topliss-reactive ketones (excluding diaryl/α,β-unsaturated/α-hetero) is 1. The number of fused-ring (bicyclic) bond motifs is 14. The monoisotopic (exact) mass is 830 g/mol. The number of ether oxygens (including phenoxy) is 4. The first-order valence-electron chi connectivity index (χ1n) is 22.9. The number of carbonyl (C=O) groups is 3. The smallest absolute Gasteiger partial charge is 0.312 e. The number of phenolic OH excluding ortho intramolecular Hbond substituents is 3. The average molecular weight is 831 g/mol. The molecule has 5 bridgehead atoms. The van der Waals surface area contributed by atoms with Gasteiger partial charge in [-0.25, -0.2) is 0 Å². The summed E-state index contributed by atoms with van der Waals surface area (Å²) in [6.45, 7) is -1.69. The predicted octanol–water partition coefficient (Wildman–Crippen LogP) is 4.34. The van der Waals surface area contributed by atoms with Crippen LogP contribution >= 0.6 is 0 Å². The van der Waals surface area contributed by atoms with Crippen LogP contribution in [0, 0.1) is 30.6 Å². The molecule has 16 heteroatoms. The second-order valence-electron chi connectivity index (χ2n) is 15.2. The van der Waals surface area contributed by atoms with E-state index < -0.39 is 142 Å². The highest BCUT2D eigenvalue weighted by molar-refractivity contribution is 6.23. The third-order valence-corrected chi connectivity index (χ3v) is 11.0. The van der Waals surface area contributed by atoms with Crippen LogP contribution in [0.1, 0.15) is 80.9 Å². The predicted molar refractivity (Wildman–Crippen MR) is 220 cm³/mol. The maximum absolute atomic E-state index is 14.6. The lowest BCUT2D eigenvalue weighted by Gasteiger charge is -2.38. The molecule has 4 aliphatic rings. The van der Waals surface area contributed by atoms with Crippen LogP contribution in [-0.4, -0.2) is 130 Å². The van der Waals surface area contributed by atoms with E-state index in [9.17, 15) is 39.9 Å². The highest BCUT2D eigenvalue weighted by atomic mass is 16.7. The van der Waals surface area contributed by atoms with Gasteiger partial charge >= 0.3 is 11.8 Å². The molecule has 4 aliphatic heterocycles. The lowest BCUT2D eigenvalue weighted by molar-refractivity contribution is -0.160. The third-order valence-electron chi connectivity index (χ3n) is 11.0. The summed E-state index contributed by atoms with van der Waals surface area (Å²) >= 11 is 0. The number of anilines is 1. The van der Waals surface area contributed by atoms with Crippen molar-refractivity contribution in [3.05, 3.63) is 52.8 Å². The number of aromatic hydroxyl groups is 3. The number of carbonyl (C=O) groups excluding carboxylic acids is 3. The van der Waals surface area contributed by atoms with Crippen molar-refractivity contribution in [2.24, 2.45) is 28.8 Å². The molecular formula is C43H58N4O12. The molecule has 59 heavy (non-hydrogen) atoms. The molecule has 1 saturated heterocycles. The van der Waals surface area contributed by atoms with E-state index in [4.69, 9.17) is 29.9 Å². The van der Waals surface area contributed by atoms with Crippen LogP contribution in [0.15, 0.2) is 41.2 Å². The molecule has 6 rings (SSSR count). The number of benzene rings is 2. The Bertz CT molecular complexity index is 2420. The fraction of sp³-hybridized carbons (Fsp3) is 0.535.